The van der Waals surface area contributed by atoms with Crippen LogP contribution in [0.2, 0.25) is 0 Å². The van der Waals surface area contributed by atoms with Gasteiger partial charge in [0.1, 0.15) is 6.29 Å². The van der Waals surface area contributed by atoms with Crippen LogP contribution in [0.25, 0.3) is 0 Å². The van der Waals surface area contributed by atoms with Gasteiger partial charge in [0.2, 0.25) is 0 Å². The summed E-state index contributed by atoms with van der Waals surface area (Å²) in [7, 11) is 2.72. The molecule has 0 saturated carbocycles. The average Bonchev–Trinajstić information content (AvgIpc) is 2.40. The molecule has 0 radical (unpaired) electrons. The zero-order valence-electron chi connectivity index (χ0n) is 11.1. The fraction of sp³-hybridized carbons (Fsp3) is 0.769. The fourth-order valence-corrected chi connectivity index (χ4v) is 1.76. The van der Waals surface area contributed by atoms with Crippen molar-refractivity contribution in [1.82, 2.24) is 0 Å². The van der Waals surface area contributed by atoms with Crippen LogP contribution in [-0.2, 0) is 23.9 Å². The first-order valence-corrected chi connectivity index (χ1v) is 6.24. The third-order valence-corrected chi connectivity index (χ3v) is 2.82. The molecule has 0 aliphatic heterocycles. The molecule has 0 aromatic carbocycles. The van der Waals surface area contributed by atoms with E-state index < -0.39 is 0 Å². The zero-order valence-corrected chi connectivity index (χ0v) is 11.1. The van der Waals surface area contributed by atoms with Crippen molar-refractivity contribution in [3.63, 3.8) is 0 Å². The van der Waals surface area contributed by atoms with Gasteiger partial charge in [-0.15, -0.1) is 0 Å². The van der Waals surface area contributed by atoms with E-state index in [4.69, 9.17) is 4.74 Å². The molecule has 0 spiro atoms. The minimum atomic E-state index is -0.237. The van der Waals surface area contributed by atoms with Crippen LogP contribution >= 0.6 is 0 Å². The van der Waals surface area contributed by atoms with Crippen molar-refractivity contribution in [2.45, 2.75) is 44.9 Å². The Morgan fingerprint density at radius 3 is 2.28 bits per heavy atom. The summed E-state index contributed by atoms with van der Waals surface area (Å²) in [5, 5.41) is 0. The predicted molar refractivity (Wildman–Crippen MR) is 65.9 cm³/mol. The number of carbonyl (C=O) groups excluding carboxylic acids is 3. The molecule has 0 aromatic heterocycles. The van der Waals surface area contributed by atoms with Gasteiger partial charge in [-0.05, 0) is 25.7 Å². The topological polar surface area (TPSA) is 69.7 Å². The molecule has 0 fully saturated rings. The monoisotopic (exact) mass is 258 g/mol. The molecular formula is C13H22O5. The average molecular weight is 258 g/mol. The third kappa shape index (κ3) is 7.81. The van der Waals surface area contributed by atoms with Crippen LogP contribution in [0.1, 0.15) is 44.9 Å². The number of ether oxygens (including phenoxy) is 2. The molecule has 0 heterocycles. The number of rotatable bonds is 10. The van der Waals surface area contributed by atoms with Gasteiger partial charge in [-0.25, -0.2) is 0 Å². The number of hydrogen-bond donors (Lipinski definition) is 0. The summed E-state index contributed by atoms with van der Waals surface area (Å²) in [4.78, 5) is 32.6. The molecule has 0 aromatic rings. The summed E-state index contributed by atoms with van der Waals surface area (Å²) in [6, 6.07) is 0. The smallest absolute Gasteiger partial charge is 0.308 e. The van der Waals surface area contributed by atoms with Crippen LogP contribution in [-0.4, -0.2) is 32.4 Å². The van der Waals surface area contributed by atoms with Gasteiger partial charge < -0.3 is 14.3 Å². The molecule has 104 valence electrons. The molecule has 0 rings (SSSR count). The molecule has 18 heavy (non-hydrogen) atoms. The fourth-order valence-electron chi connectivity index (χ4n) is 1.76. The van der Waals surface area contributed by atoms with E-state index in [1.165, 1.54) is 14.2 Å². The van der Waals surface area contributed by atoms with Gasteiger partial charge in [0.25, 0.3) is 0 Å². The Morgan fingerprint density at radius 1 is 1.06 bits per heavy atom. The first-order valence-electron chi connectivity index (χ1n) is 6.24. The van der Waals surface area contributed by atoms with Crippen molar-refractivity contribution < 1.29 is 23.9 Å². The SMILES string of the molecule is COC(=O)CCCCC(CCCC=O)C(=O)OC. The Balaban J connectivity index is 3.89. The maximum absolute atomic E-state index is 11.5. The lowest BCUT2D eigenvalue weighted by atomic mass is 9.95. The summed E-state index contributed by atoms with van der Waals surface area (Å²) in [5.74, 6) is -0.642. The van der Waals surface area contributed by atoms with Gasteiger partial charge in [0.05, 0.1) is 20.1 Å². The van der Waals surface area contributed by atoms with Crippen molar-refractivity contribution in [3.05, 3.63) is 0 Å². The van der Waals surface area contributed by atoms with Crippen molar-refractivity contribution in [3.8, 4) is 0 Å². The number of esters is 2. The van der Waals surface area contributed by atoms with E-state index in [-0.39, 0.29) is 17.9 Å². The zero-order chi connectivity index (χ0) is 13.8. The Bertz CT molecular complexity index is 262. The highest BCUT2D eigenvalue weighted by Crippen LogP contribution is 2.18. The van der Waals surface area contributed by atoms with Gasteiger partial charge in [-0.1, -0.05) is 6.42 Å². The standard InChI is InChI=1S/C13H22O5/c1-17-12(15)9-4-3-7-11(13(16)18-2)8-5-6-10-14/h10-11H,3-9H2,1-2H3. The van der Waals surface area contributed by atoms with E-state index in [1.54, 1.807) is 0 Å². The minimum Gasteiger partial charge on any atom is -0.469 e. The molecule has 1 unspecified atom stereocenters. The number of aldehydes is 1. The Hall–Kier alpha value is -1.39. The number of unbranched alkanes of at least 4 members (excludes halogenated alkanes) is 2. The molecule has 1 atom stereocenters. The van der Waals surface area contributed by atoms with Crippen molar-refractivity contribution in [1.29, 1.82) is 0 Å². The molecule has 0 saturated heterocycles. The van der Waals surface area contributed by atoms with Crippen LogP contribution in [0.4, 0.5) is 0 Å². The minimum absolute atomic E-state index is 0.174. The van der Waals surface area contributed by atoms with E-state index in [1.807, 2.05) is 0 Å². The lowest BCUT2D eigenvalue weighted by Gasteiger charge is -2.13. The molecule has 5 heteroatoms. The van der Waals surface area contributed by atoms with Gasteiger partial charge in [-0.2, -0.15) is 0 Å². The second-order valence-corrected chi connectivity index (χ2v) is 4.14. The Labute approximate surface area is 108 Å². The number of hydrogen-bond acceptors (Lipinski definition) is 5. The third-order valence-electron chi connectivity index (χ3n) is 2.82. The van der Waals surface area contributed by atoms with Crippen molar-refractivity contribution >= 4 is 18.2 Å². The van der Waals surface area contributed by atoms with E-state index in [9.17, 15) is 14.4 Å². The second-order valence-electron chi connectivity index (χ2n) is 4.14. The second kappa shape index (κ2) is 10.7. The maximum Gasteiger partial charge on any atom is 0.308 e. The van der Waals surface area contributed by atoms with E-state index >= 15 is 0 Å². The summed E-state index contributed by atoms with van der Waals surface area (Å²) in [6.07, 6.45) is 5.20. The Morgan fingerprint density at radius 2 is 1.72 bits per heavy atom. The lowest BCUT2D eigenvalue weighted by Crippen LogP contribution is -2.16. The molecule has 0 aliphatic rings. The quantitative estimate of drug-likeness (QED) is 0.340. The van der Waals surface area contributed by atoms with Gasteiger partial charge >= 0.3 is 11.9 Å². The number of methoxy groups -OCH3 is 2. The van der Waals surface area contributed by atoms with Crippen molar-refractivity contribution in [2.75, 3.05) is 14.2 Å². The summed E-state index contributed by atoms with van der Waals surface area (Å²) in [6.45, 7) is 0. The molecule has 0 N–H and O–H groups in total. The van der Waals surface area contributed by atoms with E-state index in [0.717, 1.165) is 12.7 Å². The first kappa shape index (κ1) is 16.6. The highest BCUT2D eigenvalue weighted by atomic mass is 16.5. The van der Waals surface area contributed by atoms with Crippen LogP contribution in [0, 0.1) is 5.92 Å². The van der Waals surface area contributed by atoms with Crippen molar-refractivity contribution in [2.24, 2.45) is 5.92 Å². The molecule has 5 nitrogen and oxygen atoms in total. The van der Waals surface area contributed by atoms with E-state index in [2.05, 4.69) is 4.74 Å². The highest BCUT2D eigenvalue weighted by molar-refractivity contribution is 5.72. The summed E-state index contributed by atoms with van der Waals surface area (Å²) >= 11 is 0. The van der Waals surface area contributed by atoms with Crippen LogP contribution in [0.3, 0.4) is 0 Å². The molecule has 0 bridgehead atoms. The highest BCUT2D eigenvalue weighted by Gasteiger charge is 2.18. The first-order chi connectivity index (χ1) is 8.65. The molecular weight excluding hydrogens is 236 g/mol. The molecule has 0 amide bonds. The van der Waals surface area contributed by atoms with Gasteiger partial charge in [-0.3, -0.25) is 9.59 Å². The Kier molecular flexibility index (Phi) is 9.91. The lowest BCUT2D eigenvalue weighted by molar-refractivity contribution is -0.146. The van der Waals surface area contributed by atoms with Crippen LogP contribution < -0.4 is 0 Å². The maximum atomic E-state index is 11.5. The van der Waals surface area contributed by atoms with Crippen LogP contribution in [0.15, 0.2) is 0 Å². The largest absolute Gasteiger partial charge is 0.469 e. The summed E-state index contributed by atoms with van der Waals surface area (Å²) < 4.78 is 9.26. The number of carbonyl (C=O) groups is 3. The van der Waals surface area contributed by atoms with E-state index in [0.29, 0.717) is 38.5 Å². The normalized spacial score (nSPS) is 11.7. The summed E-state index contributed by atoms with van der Waals surface area (Å²) in [5.41, 5.74) is 0. The van der Waals surface area contributed by atoms with Gasteiger partial charge in [0, 0.05) is 12.8 Å². The predicted octanol–water partition coefficient (Wildman–Crippen LogP) is 1.88. The van der Waals surface area contributed by atoms with Crippen LogP contribution in [0.5, 0.6) is 0 Å². The van der Waals surface area contributed by atoms with Gasteiger partial charge in [0.15, 0.2) is 0 Å². The molecule has 0 aliphatic carbocycles.